The van der Waals surface area contributed by atoms with Crippen LogP contribution in [0.1, 0.15) is 58.1 Å². The van der Waals surface area contributed by atoms with Crippen LogP contribution in [0.5, 0.6) is 5.75 Å². The third-order valence-corrected chi connectivity index (χ3v) is 7.36. The predicted molar refractivity (Wildman–Crippen MR) is 130 cm³/mol. The van der Waals surface area contributed by atoms with Crippen molar-refractivity contribution in [1.82, 2.24) is 5.32 Å². The highest BCUT2D eigenvalue weighted by Crippen LogP contribution is 2.59. The van der Waals surface area contributed by atoms with Crippen LogP contribution in [-0.2, 0) is 17.7 Å². The van der Waals surface area contributed by atoms with Gasteiger partial charge in [-0.05, 0) is 42.2 Å². The van der Waals surface area contributed by atoms with Gasteiger partial charge in [0.25, 0.3) is 11.7 Å². The lowest BCUT2D eigenvalue weighted by Crippen LogP contribution is -2.57. The van der Waals surface area contributed by atoms with Gasteiger partial charge in [0, 0.05) is 34.2 Å². The van der Waals surface area contributed by atoms with Crippen molar-refractivity contribution in [3.05, 3.63) is 94.2 Å². The van der Waals surface area contributed by atoms with Crippen LogP contribution in [0.15, 0.2) is 65.1 Å². The van der Waals surface area contributed by atoms with E-state index in [0.29, 0.717) is 29.0 Å². The zero-order valence-corrected chi connectivity index (χ0v) is 19.3. The quantitative estimate of drug-likeness (QED) is 0.384. The van der Waals surface area contributed by atoms with Gasteiger partial charge in [0.1, 0.15) is 16.9 Å². The summed E-state index contributed by atoms with van der Waals surface area (Å²) in [4.78, 5) is 13.7. The number of aliphatic hydroxyl groups is 1. The maximum atomic E-state index is 13.7. The Morgan fingerprint density at radius 2 is 1.88 bits per heavy atom. The fourth-order valence-corrected chi connectivity index (χ4v) is 5.49. The number of para-hydroxylation sites is 1. The number of carbonyl (C=O) groups is 1. The smallest absolute Gasteiger partial charge is 0.288 e. The highest BCUT2D eigenvalue weighted by molar-refractivity contribution is 5.99. The zero-order valence-electron chi connectivity index (χ0n) is 19.3. The first-order valence-electron chi connectivity index (χ1n) is 11.5. The lowest BCUT2D eigenvalue weighted by molar-refractivity contribution is -0.179. The van der Waals surface area contributed by atoms with Crippen molar-refractivity contribution >= 4 is 22.6 Å². The lowest BCUT2D eigenvalue weighted by Gasteiger charge is -2.35. The molecule has 4 aromatic rings. The molecule has 4 N–H and O–H groups in total. The summed E-state index contributed by atoms with van der Waals surface area (Å²) in [6.45, 7) is 6.06. The molecule has 0 radical (unpaired) electrons. The second-order valence-corrected chi connectivity index (χ2v) is 9.62. The van der Waals surface area contributed by atoms with Gasteiger partial charge in [-0.25, -0.2) is 0 Å². The van der Waals surface area contributed by atoms with E-state index in [4.69, 9.17) is 14.9 Å². The number of carbonyl (C=O) groups excluding carboxylic acids is 1. The first-order valence-corrected chi connectivity index (χ1v) is 11.5. The second-order valence-electron chi connectivity index (χ2n) is 9.62. The summed E-state index contributed by atoms with van der Waals surface area (Å²) >= 11 is 0. The van der Waals surface area contributed by atoms with Gasteiger partial charge in [-0.1, -0.05) is 56.3 Å². The van der Waals surface area contributed by atoms with Crippen molar-refractivity contribution in [2.45, 2.75) is 44.4 Å². The van der Waals surface area contributed by atoms with Crippen LogP contribution in [0.3, 0.4) is 0 Å². The molecule has 1 amide bonds. The van der Waals surface area contributed by atoms with Gasteiger partial charge in [0.05, 0.1) is 0 Å². The number of amides is 1. The first-order chi connectivity index (χ1) is 16.2. The SMILES string of the molecule is Cc1c(C(=O)NC23Cc4c(N)cccc4C2(O)Oc2cc(C(C)C)ccc23)oc2ccccc12. The van der Waals surface area contributed by atoms with Crippen molar-refractivity contribution in [3.63, 3.8) is 0 Å². The molecule has 0 fully saturated rings. The molecule has 34 heavy (non-hydrogen) atoms. The Morgan fingerprint density at radius 3 is 2.65 bits per heavy atom. The molecule has 2 atom stereocenters. The van der Waals surface area contributed by atoms with Gasteiger partial charge in [-0.3, -0.25) is 4.79 Å². The number of nitrogens with one attached hydrogen (secondary N) is 1. The Kier molecular flexibility index (Phi) is 4.20. The Morgan fingerprint density at radius 1 is 1.09 bits per heavy atom. The fourth-order valence-electron chi connectivity index (χ4n) is 5.49. The van der Waals surface area contributed by atoms with E-state index >= 15 is 0 Å². The van der Waals surface area contributed by atoms with Crippen molar-refractivity contribution in [3.8, 4) is 5.75 Å². The molecule has 6 nitrogen and oxygen atoms in total. The summed E-state index contributed by atoms with van der Waals surface area (Å²) in [6, 6.07) is 18.8. The van der Waals surface area contributed by atoms with Gasteiger partial charge in [0.2, 0.25) is 0 Å². The number of fused-ring (bicyclic) bond motifs is 6. The molecule has 1 aliphatic carbocycles. The van der Waals surface area contributed by atoms with Crippen molar-refractivity contribution < 1.29 is 19.1 Å². The van der Waals surface area contributed by atoms with E-state index in [2.05, 4.69) is 19.2 Å². The van der Waals surface area contributed by atoms with E-state index in [1.54, 1.807) is 18.2 Å². The number of benzene rings is 3. The van der Waals surface area contributed by atoms with Crippen molar-refractivity contribution in [2.75, 3.05) is 5.73 Å². The monoisotopic (exact) mass is 454 g/mol. The minimum Gasteiger partial charge on any atom is -0.455 e. The third kappa shape index (κ3) is 2.57. The van der Waals surface area contributed by atoms with Gasteiger partial charge in [0.15, 0.2) is 5.76 Å². The van der Waals surface area contributed by atoms with Crippen LogP contribution < -0.4 is 15.8 Å². The van der Waals surface area contributed by atoms with E-state index in [1.807, 2.05) is 49.4 Å². The number of nitrogen functional groups attached to an aromatic ring is 1. The highest BCUT2D eigenvalue weighted by atomic mass is 16.6. The molecule has 6 heteroatoms. The number of anilines is 1. The van der Waals surface area contributed by atoms with E-state index in [1.165, 1.54) is 0 Å². The minimum atomic E-state index is -1.80. The molecule has 0 spiro atoms. The van der Waals surface area contributed by atoms with E-state index < -0.39 is 17.2 Å². The van der Waals surface area contributed by atoms with Crippen LogP contribution >= 0.6 is 0 Å². The van der Waals surface area contributed by atoms with Crippen molar-refractivity contribution in [2.24, 2.45) is 0 Å². The molecular formula is C28H26N2O4. The summed E-state index contributed by atoms with van der Waals surface area (Å²) < 4.78 is 12.2. The summed E-state index contributed by atoms with van der Waals surface area (Å²) in [5, 5.41) is 16.1. The average Bonchev–Trinajstić information content (AvgIpc) is 3.36. The zero-order chi connectivity index (χ0) is 23.8. The second kappa shape index (κ2) is 6.87. The third-order valence-electron chi connectivity index (χ3n) is 7.36. The maximum Gasteiger partial charge on any atom is 0.288 e. The Hall–Kier alpha value is -3.77. The van der Waals surface area contributed by atoms with Crippen LogP contribution in [-0.4, -0.2) is 11.0 Å². The molecule has 3 aromatic carbocycles. The molecule has 6 rings (SSSR count). The number of rotatable bonds is 3. The van der Waals surface area contributed by atoms with E-state index in [0.717, 1.165) is 27.6 Å². The molecule has 2 unspecified atom stereocenters. The van der Waals surface area contributed by atoms with Gasteiger partial charge in [-0.15, -0.1) is 0 Å². The summed E-state index contributed by atoms with van der Waals surface area (Å²) in [5.74, 6) is -1.15. The maximum absolute atomic E-state index is 13.7. The molecular weight excluding hydrogens is 428 g/mol. The number of ether oxygens (including phenoxy) is 1. The van der Waals surface area contributed by atoms with Gasteiger partial charge >= 0.3 is 0 Å². The first kappa shape index (κ1) is 20.8. The normalized spacial score (nSPS) is 22.4. The molecule has 0 saturated carbocycles. The largest absolute Gasteiger partial charge is 0.455 e. The predicted octanol–water partition coefficient (Wildman–Crippen LogP) is 4.87. The van der Waals surface area contributed by atoms with Crippen LogP contribution in [0.25, 0.3) is 11.0 Å². The van der Waals surface area contributed by atoms with Crippen LogP contribution in [0.2, 0.25) is 0 Å². The van der Waals surface area contributed by atoms with Crippen molar-refractivity contribution in [1.29, 1.82) is 0 Å². The molecule has 1 aromatic heterocycles. The van der Waals surface area contributed by atoms with Gasteiger partial charge < -0.3 is 25.3 Å². The molecule has 2 aliphatic rings. The Bertz CT molecular complexity index is 1490. The Labute approximate surface area is 197 Å². The minimum absolute atomic E-state index is 0.217. The Balaban J connectivity index is 1.52. The summed E-state index contributed by atoms with van der Waals surface area (Å²) in [5.41, 5.74) is 10.1. The van der Waals surface area contributed by atoms with Gasteiger partial charge in [-0.2, -0.15) is 0 Å². The number of nitrogens with two attached hydrogens (primary N) is 1. The lowest BCUT2D eigenvalue weighted by atomic mass is 9.83. The van der Waals surface area contributed by atoms with Crippen LogP contribution in [0, 0.1) is 6.92 Å². The molecule has 172 valence electrons. The molecule has 2 heterocycles. The average molecular weight is 455 g/mol. The number of hydrogen-bond donors (Lipinski definition) is 3. The highest BCUT2D eigenvalue weighted by Gasteiger charge is 2.67. The molecule has 1 aliphatic heterocycles. The standard InChI is InChI=1S/C28H26N2O4/c1-15(2)17-11-12-21-24(13-17)34-28(32)20-8-6-9-22(29)19(20)14-27(21,28)30-26(31)25-16(3)18-7-4-5-10-23(18)33-25/h4-13,15,32H,14,29H2,1-3H3,(H,30,31). The summed E-state index contributed by atoms with van der Waals surface area (Å²) in [6.07, 6.45) is 0.296. The van der Waals surface area contributed by atoms with E-state index in [-0.39, 0.29) is 11.7 Å². The number of furan rings is 1. The van der Waals surface area contributed by atoms with Crippen LogP contribution in [0.4, 0.5) is 5.69 Å². The topological polar surface area (TPSA) is 97.7 Å². The molecule has 0 saturated heterocycles. The number of aryl methyl sites for hydroxylation is 1. The molecule has 0 bridgehead atoms. The van der Waals surface area contributed by atoms with E-state index in [9.17, 15) is 9.90 Å². The summed E-state index contributed by atoms with van der Waals surface area (Å²) in [7, 11) is 0. The fraction of sp³-hybridized carbons (Fsp3) is 0.250. The number of hydrogen-bond acceptors (Lipinski definition) is 5.